The Bertz CT molecular complexity index is 546. The van der Waals surface area contributed by atoms with Gasteiger partial charge in [0.2, 0.25) is 0 Å². The summed E-state index contributed by atoms with van der Waals surface area (Å²) in [6.07, 6.45) is 1.72. The van der Waals surface area contributed by atoms with Gasteiger partial charge < -0.3 is 10.5 Å². The van der Waals surface area contributed by atoms with Gasteiger partial charge in [-0.3, -0.25) is 0 Å². The van der Waals surface area contributed by atoms with Gasteiger partial charge in [0.25, 0.3) is 0 Å². The lowest BCUT2D eigenvalue weighted by Crippen LogP contribution is -2.10. The van der Waals surface area contributed by atoms with E-state index < -0.39 is 0 Å². The Labute approximate surface area is 123 Å². The average molecular weight is 291 g/mol. The maximum Gasteiger partial charge on any atom is 0.122 e. The van der Waals surface area contributed by atoms with Crippen LogP contribution >= 0.6 is 23.6 Å². The highest BCUT2D eigenvalue weighted by atomic mass is 32.1. The number of nitrogens with two attached hydrogens (primary N) is 1. The van der Waals surface area contributed by atoms with Crippen LogP contribution in [-0.4, -0.2) is 4.99 Å². The second-order valence-electron chi connectivity index (χ2n) is 4.30. The zero-order chi connectivity index (χ0) is 13.7. The highest BCUT2D eigenvalue weighted by Crippen LogP contribution is 2.20. The molecule has 0 aliphatic carbocycles. The van der Waals surface area contributed by atoms with Crippen LogP contribution in [0.15, 0.2) is 36.4 Å². The third-order valence-corrected chi connectivity index (χ3v) is 4.10. The average Bonchev–Trinajstić information content (AvgIpc) is 2.85. The molecule has 0 aliphatic rings. The minimum atomic E-state index is 0.513. The second-order valence-corrected chi connectivity index (χ2v) is 6.07. The molecule has 0 fully saturated rings. The van der Waals surface area contributed by atoms with E-state index in [2.05, 4.69) is 19.1 Å². The van der Waals surface area contributed by atoms with Crippen molar-refractivity contribution in [2.75, 3.05) is 0 Å². The van der Waals surface area contributed by atoms with Gasteiger partial charge in [-0.05, 0) is 36.2 Å². The first-order valence-electron chi connectivity index (χ1n) is 6.25. The molecule has 0 unspecified atom stereocenters. The Morgan fingerprint density at radius 2 is 1.84 bits per heavy atom. The highest BCUT2D eigenvalue weighted by molar-refractivity contribution is 7.80. The summed E-state index contributed by atoms with van der Waals surface area (Å²) in [6, 6.07) is 12.2. The van der Waals surface area contributed by atoms with E-state index in [9.17, 15) is 0 Å². The molecule has 2 N–H and O–H groups in total. The number of aryl methyl sites for hydroxylation is 1. The Morgan fingerprint density at radius 3 is 2.42 bits per heavy atom. The number of hydrogen-bond donors (Lipinski definition) is 1. The largest absolute Gasteiger partial charge is 0.488 e. The molecule has 0 aliphatic heterocycles. The van der Waals surface area contributed by atoms with Crippen molar-refractivity contribution in [1.29, 1.82) is 0 Å². The molecule has 0 bridgehead atoms. The molecular weight excluding hydrogens is 274 g/mol. The molecule has 19 heavy (non-hydrogen) atoms. The number of hydrogen-bond acceptors (Lipinski definition) is 3. The van der Waals surface area contributed by atoms with Gasteiger partial charge in [0, 0.05) is 16.2 Å². The van der Waals surface area contributed by atoms with E-state index in [0.717, 1.165) is 17.7 Å². The van der Waals surface area contributed by atoms with Crippen LogP contribution in [-0.2, 0) is 19.4 Å². The van der Waals surface area contributed by atoms with E-state index in [1.54, 1.807) is 11.3 Å². The summed E-state index contributed by atoms with van der Waals surface area (Å²) in [5, 5.41) is 0. The zero-order valence-electron chi connectivity index (χ0n) is 10.9. The van der Waals surface area contributed by atoms with Gasteiger partial charge in [-0.15, -0.1) is 11.3 Å². The van der Waals surface area contributed by atoms with Crippen LogP contribution in [0.3, 0.4) is 0 Å². The van der Waals surface area contributed by atoms with Crippen LogP contribution in [0.25, 0.3) is 0 Å². The fourth-order valence-electron chi connectivity index (χ4n) is 1.75. The molecule has 100 valence electrons. The summed E-state index contributed by atoms with van der Waals surface area (Å²) in [5.41, 5.74) is 6.63. The monoisotopic (exact) mass is 291 g/mol. The first kappa shape index (κ1) is 14.0. The maximum atomic E-state index is 5.76. The van der Waals surface area contributed by atoms with Crippen molar-refractivity contribution < 1.29 is 4.74 Å². The Kier molecular flexibility index (Phi) is 4.93. The predicted molar refractivity (Wildman–Crippen MR) is 85.0 cm³/mol. The van der Waals surface area contributed by atoms with Crippen molar-refractivity contribution >= 4 is 28.5 Å². The number of thiophene rings is 1. The maximum absolute atomic E-state index is 5.76. The van der Waals surface area contributed by atoms with E-state index in [1.165, 1.54) is 9.75 Å². The van der Waals surface area contributed by atoms with E-state index in [0.29, 0.717) is 18.0 Å². The Balaban J connectivity index is 1.90. The number of rotatable bonds is 6. The Morgan fingerprint density at radius 1 is 1.16 bits per heavy atom. The van der Waals surface area contributed by atoms with Crippen LogP contribution in [0.1, 0.15) is 22.2 Å². The van der Waals surface area contributed by atoms with E-state index >= 15 is 0 Å². The molecule has 2 rings (SSSR count). The molecule has 1 aromatic heterocycles. The van der Waals surface area contributed by atoms with Crippen molar-refractivity contribution in [3.8, 4) is 5.75 Å². The third kappa shape index (κ3) is 4.33. The standard InChI is InChI=1S/C15H17NOS2/c1-2-13-7-8-14(19-13)10-17-12-5-3-11(4-6-12)9-15(16)18/h3-8H,2,9-10H2,1H3,(H2,16,18). The minimum Gasteiger partial charge on any atom is -0.488 e. The minimum absolute atomic E-state index is 0.513. The molecule has 2 aromatic rings. The molecule has 0 spiro atoms. The number of benzene rings is 1. The van der Waals surface area contributed by atoms with Crippen molar-refractivity contribution in [2.24, 2.45) is 5.73 Å². The van der Waals surface area contributed by atoms with E-state index in [4.69, 9.17) is 22.7 Å². The lowest BCUT2D eigenvalue weighted by Gasteiger charge is -2.05. The smallest absolute Gasteiger partial charge is 0.122 e. The highest BCUT2D eigenvalue weighted by Gasteiger charge is 2.01. The molecule has 0 saturated carbocycles. The summed E-state index contributed by atoms with van der Waals surface area (Å²) in [7, 11) is 0. The van der Waals surface area contributed by atoms with Crippen LogP contribution in [0.5, 0.6) is 5.75 Å². The van der Waals surface area contributed by atoms with Crippen LogP contribution < -0.4 is 10.5 Å². The fourth-order valence-corrected chi connectivity index (χ4v) is 2.79. The lowest BCUT2D eigenvalue weighted by molar-refractivity contribution is 0.310. The summed E-state index contributed by atoms with van der Waals surface area (Å²) in [6.45, 7) is 2.79. The van der Waals surface area contributed by atoms with Crippen LogP contribution in [0.2, 0.25) is 0 Å². The van der Waals surface area contributed by atoms with Gasteiger partial charge in [-0.2, -0.15) is 0 Å². The third-order valence-electron chi connectivity index (χ3n) is 2.75. The van der Waals surface area contributed by atoms with Crippen LogP contribution in [0, 0.1) is 0 Å². The molecule has 0 amide bonds. The molecule has 1 aromatic carbocycles. The molecule has 0 saturated heterocycles. The number of thiocarbonyl (C=S) groups is 1. The van der Waals surface area contributed by atoms with Gasteiger partial charge >= 0.3 is 0 Å². The van der Waals surface area contributed by atoms with E-state index in [-0.39, 0.29) is 0 Å². The summed E-state index contributed by atoms with van der Waals surface area (Å²) >= 11 is 6.69. The van der Waals surface area contributed by atoms with Crippen molar-refractivity contribution in [3.05, 3.63) is 51.7 Å². The molecular formula is C15H17NOS2. The SMILES string of the molecule is CCc1ccc(COc2ccc(CC(N)=S)cc2)s1. The molecule has 0 radical (unpaired) electrons. The number of ether oxygens (including phenoxy) is 1. The fraction of sp³-hybridized carbons (Fsp3) is 0.267. The molecule has 4 heteroatoms. The quantitative estimate of drug-likeness (QED) is 0.824. The van der Waals surface area contributed by atoms with Crippen molar-refractivity contribution in [2.45, 2.75) is 26.4 Å². The lowest BCUT2D eigenvalue weighted by atomic mass is 10.1. The van der Waals surface area contributed by atoms with Gasteiger partial charge in [-0.25, -0.2) is 0 Å². The van der Waals surface area contributed by atoms with Gasteiger partial charge in [0.15, 0.2) is 0 Å². The van der Waals surface area contributed by atoms with Crippen molar-refractivity contribution in [3.63, 3.8) is 0 Å². The summed E-state index contributed by atoms with van der Waals surface area (Å²) < 4.78 is 5.76. The first-order valence-corrected chi connectivity index (χ1v) is 7.47. The molecule has 0 atom stereocenters. The van der Waals surface area contributed by atoms with Crippen LogP contribution in [0.4, 0.5) is 0 Å². The van der Waals surface area contributed by atoms with Gasteiger partial charge in [0.1, 0.15) is 12.4 Å². The summed E-state index contributed by atoms with van der Waals surface area (Å²) in [4.78, 5) is 3.16. The predicted octanol–water partition coefficient (Wildman–Crippen LogP) is 3.72. The van der Waals surface area contributed by atoms with Gasteiger partial charge in [0.05, 0.1) is 4.99 Å². The topological polar surface area (TPSA) is 35.2 Å². The second kappa shape index (κ2) is 6.68. The summed E-state index contributed by atoms with van der Waals surface area (Å²) in [5.74, 6) is 0.873. The Hall–Kier alpha value is -1.39. The zero-order valence-corrected chi connectivity index (χ0v) is 12.5. The first-order chi connectivity index (χ1) is 9.17. The van der Waals surface area contributed by atoms with Crippen molar-refractivity contribution in [1.82, 2.24) is 0 Å². The van der Waals surface area contributed by atoms with E-state index in [1.807, 2.05) is 24.3 Å². The normalized spacial score (nSPS) is 10.4. The molecule has 1 heterocycles. The van der Waals surface area contributed by atoms with Gasteiger partial charge in [-0.1, -0.05) is 31.3 Å². The molecule has 2 nitrogen and oxygen atoms in total.